The van der Waals surface area contributed by atoms with Gasteiger partial charge in [-0.3, -0.25) is 8.67 Å². The van der Waals surface area contributed by atoms with Gasteiger partial charge in [-0.2, -0.15) is 0 Å². The first-order chi connectivity index (χ1) is 18.5. The van der Waals surface area contributed by atoms with E-state index in [9.17, 15) is 0 Å². The lowest BCUT2D eigenvalue weighted by Crippen LogP contribution is -2.77. The minimum atomic E-state index is -1.73. The van der Waals surface area contributed by atoms with E-state index in [1.54, 1.807) is 22.5 Å². The smallest absolute Gasteiger partial charge is 0.210 e. The zero-order valence-corrected chi connectivity index (χ0v) is 30.8. The van der Waals surface area contributed by atoms with Crippen LogP contribution >= 0.6 is 8.22 Å². The van der Waals surface area contributed by atoms with Crippen LogP contribution in [0.5, 0.6) is 0 Å². The Morgan fingerprint density at radius 1 is 0.825 bits per heavy atom. The predicted molar refractivity (Wildman–Crippen MR) is 181 cm³/mol. The zero-order chi connectivity index (χ0) is 29.4. The molecular formula is C34H58N3PSi2. The van der Waals surface area contributed by atoms with Crippen molar-refractivity contribution in [3.63, 3.8) is 0 Å². The van der Waals surface area contributed by atoms with E-state index < -0.39 is 16.6 Å². The van der Waals surface area contributed by atoms with Gasteiger partial charge in [0.25, 0.3) is 0 Å². The third-order valence-electron chi connectivity index (χ3n) is 9.84. The molecule has 0 aromatic heterocycles. The van der Waals surface area contributed by atoms with Crippen LogP contribution in [0.2, 0.25) is 18.6 Å². The van der Waals surface area contributed by atoms with E-state index in [0.717, 1.165) is 27.1 Å². The Balaban J connectivity index is 1.76. The third-order valence-corrected chi connectivity index (χ3v) is 22.0. The van der Waals surface area contributed by atoms with Crippen molar-refractivity contribution in [2.24, 2.45) is 11.8 Å². The number of hydrogen-bond acceptors (Lipinski definition) is 3. The number of anilines is 1. The lowest BCUT2D eigenvalue weighted by molar-refractivity contribution is 0.240. The van der Waals surface area contributed by atoms with E-state index >= 15 is 0 Å². The summed E-state index contributed by atoms with van der Waals surface area (Å²) in [7, 11) is -1.31. The van der Waals surface area contributed by atoms with Crippen LogP contribution in [0.15, 0.2) is 29.2 Å². The Hall–Kier alpha value is -0.456. The highest BCUT2D eigenvalue weighted by Crippen LogP contribution is 2.76. The molecule has 1 heterocycles. The number of allylic oxidation sites excluding steroid dienone is 2. The van der Waals surface area contributed by atoms with Gasteiger partial charge in [-0.1, -0.05) is 71.6 Å². The van der Waals surface area contributed by atoms with Gasteiger partial charge in [-0.15, -0.1) is 0 Å². The van der Waals surface area contributed by atoms with E-state index in [-0.39, 0.29) is 11.1 Å². The molecule has 0 amide bonds. The Morgan fingerprint density at radius 2 is 1.32 bits per heavy atom. The Morgan fingerprint density at radius 3 is 1.80 bits per heavy atom. The third kappa shape index (κ3) is 5.27. The van der Waals surface area contributed by atoms with Crippen molar-refractivity contribution in [2.45, 2.75) is 156 Å². The number of benzene rings is 1. The van der Waals surface area contributed by atoms with Gasteiger partial charge in [0.2, 0.25) is 8.40 Å². The summed E-state index contributed by atoms with van der Waals surface area (Å²) in [5.74, 6) is 2.58. The molecule has 6 heteroatoms. The molecule has 2 bridgehead atoms. The van der Waals surface area contributed by atoms with E-state index in [4.69, 9.17) is 0 Å². The molecule has 1 aromatic carbocycles. The quantitative estimate of drug-likeness (QED) is 0.229. The summed E-state index contributed by atoms with van der Waals surface area (Å²) in [6, 6.07) is 7.26. The van der Waals surface area contributed by atoms with Gasteiger partial charge >= 0.3 is 0 Å². The Kier molecular flexibility index (Phi) is 8.46. The maximum absolute atomic E-state index is 3.07. The topological polar surface area (TPSA) is 9.72 Å². The van der Waals surface area contributed by atoms with Crippen LogP contribution in [-0.2, 0) is 0 Å². The average Bonchev–Trinajstić information content (AvgIpc) is 3.56. The van der Waals surface area contributed by atoms with Crippen molar-refractivity contribution in [1.29, 1.82) is 0 Å². The average molecular weight is 596 g/mol. The highest BCUT2D eigenvalue weighted by molar-refractivity contribution is 7.66. The van der Waals surface area contributed by atoms with Gasteiger partial charge in [0.15, 0.2) is 9.68 Å². The zero-order valence-electron chi connectivity index (χ0n) is 27.9. The molecule has 2 saturated carbocycles. The molecule has 222 valence electrons. The van der Waals surface area contributed by atoms with Crippen molar-refractivity contribution in [2.75, 3.05) is 4.57 Å². The number of hydrogen-bond donors (Lipinski definition) is 0. The predicted octanol–water partition coefficient (Wildman–Crippen LogP) is 10.6. The Bertz CT molecular complexity index is 1070. The fourth-order valence-electron chi connectivity index (χ4n) is 8.75. The molecule has 0 N–H and O–H groups in total. The van der Waals surface area contributed by atoms with Crippen LogP contribution in [0.25, 0.3) is 0 Å². The molecular weight excluding hydrogens is 538 g/mol. The van der Waals surface area contributed by atoms with E-state index in [1.807, 2.05) is 5.31 Å². The second-order valence-corrected chi connectivity index (χ2v) is 24.3. The van der Waals surface area contributed by atoms with Crippen LogP contribution in [0.3, 0.4) is 0 Å². The maximum atomic E-state index is 3.07. The second-order valence-electron chi connectivity index (χ2n) is 16.3. The maximum Gasteiger partial charge on any atom is 0.210 e. The van der Waals surface area contributed by atoms with Crippen molar-refractivity contribution in [1.82, 2.24) is 8.67 Å². The van der Waals surface area contributed by atoms with Crippen LogP contribution in [0.4, 0.5) is 5.69 Å². The molecule has 3 nitrogen and oxygen atoms in total. The highest BCUT2D eigenvalue weighted by Gasteiger charge is 2.65. The van der Waals surface area contributed by atoms with Crippen LogP contribution in [0.1, 0.15) is 137 Å². The van der Waals surface area contributed by atoms with E-state index in [0.29, 0.717) is 11.8 Å². The van der Waals surface area contributed by atoms with E-state index in [2.05, 4.69) is 114 Å². The van der Waals surface area contributed by atoms with Gasteiger partial charge in [0, 0.05) is 27.8 Å². The summed E-state index contributed by atoms with van der Waals surface area (Å²) in [6.45, 7) is 29.9. The Labute approximate surface area is 252 Å². The van der Waals surface area contributed by atoms with Gasteiger partial charge in [-0.05, 0) is 114 Å². The monoisotopic (exact) mass is 595 g/mol. The van der Waals surface area contributed by atoms with Crippen LogP contribution < -0.4 is 4.57 Å². The van der Waals surface area contributed by atoms with Crippen molar-refractivity contribution < 1.29 is 0 Å². The molecule has 3 fully saturated rings. The second kappa shape index (κ2) is 10.9. The standard InChI is InChI=1S/C34H58N3PSi2/c1-23(2)28-18-15-19-29(24(3)4)31(28)35(39-27-16-13-14-17-27)30-25-20-21-26(22-25)32(30)38-36(33(5,6)7)40(11,12)37(38)34(8,9)10/h15,18-19,23-27H,13-14,16-17,20-22H2,1-12H3/t25-,26+/m1/s1. The van der Waals surface area contributed by atoms with Crippen molar-refractivity contribution >= 4 is 32.0 Å². The first-order valence-corrected chi connectivity index (χ1v) is 21.6. The van der Waals surface area contributed by atoms with Gasteiger partial charge < -0.3 is 4.57 Å². The van der Waals surface area contributed by atoms with Gasteiger partial charge in [0.1, 0.15) is 0 Å². The lowest BCUT2D eigenvalue weighted by atomic mass is 9.92. The summed E-state index contributed by atoms with van der Waals surface area (Å²) in [5.41, 5.74) is 7.79. The minimum absolute atomic E-state index is 0.195. The lowest BCUT2D eigenvalue weighted by Gasteiger charge is -2.71. The molecule has 5 rings (SSSR count). The van der Waals surface area contributed by atoms with E-state index in [1.165, 1.54) is 44.9 Å². The highest BCUT2D eigenvalue weighted by atomic mass is 31.1. The number of para-hydroxylation sites is 1. The summed E-state index contributed by atoms with van der Waals surface area (Å²) in [4.78, 5) is 0. The van der Waals surface area contributed by atoms with Crippen molar-refractivity contribution in [3.8, 4) is 0 Å². The molecule has 4 aliphatic rings. The molecule has 0 unspecified atom stereocenters. The first kappa shape index (κ1) is 31.0. The number of fused-ring (bicyclic) bond motifs is 2. The number of nitrogens with zero attached hydrogens (tertiary/aromatic N) is 3. The largest absolute Gasteiger partial charge is 0.371 e. The molecule has 40 heavy (non-hydrogen) atoms. The first-order valence-electron chi connectivity index (χ1n) is 16.4. The molecule has 2 radical (unpaired) electrons. The molecule has 0 spiro atoms. The summed E-state index contributed by atoms with van der Waals surface area (Å²) < 4.78 is 9.17. The fourth-order valence-corrected chi connectivity index (χ4v) is 21.8. The molecule has 1 aliphatic heterocycles. The van der Waals surface area contributed by atoms with Crippen LogP contribution in [0, 0.1) is 11.8 Å². The summed E-state index contributed by atoms with van der Waals surface area (Å²) in [5, 5.41) is 1.89. The minimum Gasteiger partial charge on any atom is -0.371 e. The summed E-state index contributed by atoms with van der Waals surface area (Å²) >= 11 is 0. The SMILES string of the molecule is CC(C)c1cccc(C(C)C)c1N([Si]C1CCCC1)C1=C(P2N(C(C)(C)C)[Si](C)(C)N2C(C)(C)C)[C@H]2CC[C@@H]1C2. The molecule has 1 aromatic rings. The summed E-state index contributed by atoms with van der Waals surface area (Å²) in [6.07, 6.45) is 9.89. The normalized spacial score (nSPS) is 26.6. The number of rotatable bonds is 7. The fraction of sp³-hybridized carbons (Fsp3) is 0.765. The van der Waals surface area contributed by atoms with Crippen molar-refractivity contribution in [3.05, 3.63) is 40.3 Å². The van der Waals surface area contributed by atoms with Gasteiger partial charge in [-0.25, -0.2) is 0 Å². The van der Waals surface area contributed by atoms with Gasteiger partial charge in [0.05, 0.1) is 8.22 Å². The molecule has 3 aliphatic carbocycles. The molecule has 1 saturated heterocycles. The molecule has 2 atom stereocenters. The van der Waals surface area contributed by atoms with Crippen LogP contribution in [-0.4, -0.2) is 37.8 Å².